The lowest BCUT2D eigenvalue weighted by molar-refractivity contribution is -0.128. The zero-order valence-corrected chi connectivity index (χ0v) is 14.3. The van der Waals surface area contributed by atoms with Gasteiger partial charge in [-0.3, -0.25) is 4.79 Å². The van der Waals surface area contributed by atoms with Crippen molar-refractivity contribution in [1.82, 2.24) is 4.90 Å². The van der Waals surface area contributed by atoms with Crippen LogP contribution in [0.3, 0.4) is 0 Å². The Balaban J connectivity index is 1.55. The molecule has 0 unspecified atom stereocenters. The quantitative estimate of drug-likeness (QED) is 0.796. The molecule has 1 amide bonds. The molecule has 0 radical (unpaired) electrons. The van der Waals surface area contributed by atoms with Crippen LogP contribution in [0.4, 0.5) is 0 Å². The maximum atomic E-state index is 12.8. The number of likely N-dealkylation sites (tertiary alicyclic amines) is 1. The van der Waals surface area contributed by atoms with Gasteiger partial charge in [-0.05, 0) is 29.5 Å². The summed E-state index contributed by atoms with van der Waals surface area (Å²) in [5.41, 5.74) is 1.32. The van der Waals surface area contributed by atoms with E-state index in [1.54, 1.807) is 17.4 Å². The Kier molecular flexibility index (Phi) is 4.50. The van der Waals surface area contributed by atoms with Crippen LogP contribution >= 0.6 is 11.3 Å². The summed E-state index contributed by atoms with van der Waals surface area (Å²) in [7, 11) is 0. The second kappa shape index (κ2) is 6.91. The Bertz CT molecular complexity index is 711. The van der Waals surface area contributed by atoms with Crippen molar-refractivity contribution in [1.29, 1.82) is 0 Å². The van der Waals surface area contributed by atoms with E-state index < -0.39 is 0 Å². The number of rotatable bonds is 3. The molecular weight excluding hydrogens is 318 g/mol. The van der Waals surface area contributed by atoms with E-state index in [1.165, 1.54) is 5.56 Å². The standard InChI is InChI=1S/C20H21NO2S/c22-20(9-8-16-7-4-12-24-16)21-13-17(15-5-2-1-3-6-15)18-14-23-11-10-19(18)21/h1-9,12,17-19H,10-11,13-14H2/b9-8+/t17-,18-,19+/m1/s1. The molecule has 2 saturated heterocycles. The van der Waals surface area contributed by atoms with Gasteiger partial charge >= 0.3 is 0 Å². The SMILES string of the molecule is O=C(/C=C/c1cccs1)N1C[C@H](c2ccccc2)[C@H]2COCC[C@@H]21. The molecular formula is C20H21NO2S. The zero-order valence-electron chi connectivity index (χ0n) is 13.5. The lowest BCUT2D eigenvalue weighted by Crippen LogP contribution is -2.41. The molecule has 0 aliphatic carbocycles. The van der Waals surface area contributed by atoms with Crippen molar-refractivity contribution in [3.8, 4) is 0 Å². The number of fused-ring (bicyclic) bond motifs is 1. The third-order valence-corrected chi connectivity index (χ3v) is 5.95. The highest BCUT2D eigenvalue weighted by Gasteiger charge is 2.45. The van der Waals surface area contributed by atoms with Crippen LogP contribution in [-0.4, -0.2) is 36.6 Å². The first kappa shape index (κ1) is 15.6. The molecule has 3 nitrogen and oxygen atoms in total. The number of ether oxygens (including phenoxy) is 1. The molecule has 24 heavy (non-hydrogen) atoms. The van der Waals surface area contributed by atoms with E-state index in [9.17, 15) is 4.79 Å². The third kappa shape index (κ3) is 3.04. The van der Waals surface area contributed by atoms with Gasteiger partial charge in [-0.2, -0.15) is 0 Å². The van der Waals surface area contributed by atoms with Crippen LogP contribution in [0.5, 0.6) is 0 Å². The predicted molar refractivity (Wildman–Crippen MR) is 97.0 cm³/mol. The minimum absolute atomic E-state index is 0.124. The fourth-order valence-corrected chi connectivity index (χ4v) is 4.56. The van der Waals surface area contributed by atoms with Crippen LogP contribution in [0.1, 0.15) is 22.8 Å². The Hall–Kier alpha value is -1.91. The summed E-state index contributed by atoms with van der Waals surface area (Å²) in [6, 6.07) is 14.9. The van der Waals surface area contributed by atoms with E-state index >= 15 is 0 Å². The average Bonchev–Trinajstić information content (AvgIpc) is 3.28. The van der Waals surface area contributed by atoms with Crippen molar-refractivity contribution in [2.75, 3.05) is 19.8 Å². The van der Waals surface area contributed by atoms with Crippen molar-refractivity contribution in [2.45, 2.75) is 18.4 Å². The van der Waals surface area contributed by atoms with Gasteiger partial charge < -0.3 is 9.64 Å². The van der Waals surface area contributed by atoms with E-state index in [1.807, 2.05) is 29.7 Å². The Morgan fingerprint density at radius 1 is 1.21 bits per heavy atom. The van der Waals surface area contributed by atoms with E-state index in [0.717, 1.165) is 31.1 Å². The molecule has 0 bridgehead atoms. The Morgan fingerprint density at radius 2 is 2.08 bits per heavy atom. The van der Waals surface area contributed by atoms with Crippen LogP contribution in [0, 0.1) is 5.92 Å². The average molecular weight is 339 g/mol. The van der Waals surface area contributed by atoms with Crippen molar-refractivity contribution >= 4 is 23.3 Å². The summed E-state index contributed by atoms with van der Waals surface area (Å²) >= 11 is 1.65. The van der Waals surface area contributed by atoms with Crippen molar-refractivity contribution in [3.05, 3.63) is 64.4 Å². The minimum Gasteiger partial charge on any atom is -0.381 e. The molecule has 0 spiro atoms. The largest absolute Gasteiger partial charge is 0.381 e. The highest BCUT2D eigenvalue weighted by Crippen LogP contribution is 2.40. The molecule has 1 aromatic carbocycles. The molecule has 2 aromatic rings. The third-order valence-electron chi connectivity index (χ3n) is 5.12. The number of thiophene rings is 1. The summed E-state index contributed by atoms with van der Waals surface area (Å²) in [6.07, 6.45) is 4.59. The highest BCUT2D eigenvalue weighted by atomic mass is 32.1. The number of benzene rings is 1. The normalized spacial score (nSPS) is 26.7. The summed E-state index contributed by atoms with van der Waals surface area (Å²) in [5, 5.41) is 2.03. The van der Waals surface area contributed by atoms with Crippen LogP contribution in [0.15, 0.2) is 53.9 Å². The van der Waals surface area contributed by atoms with Gasteiger partial charge in [0.15, 0.2) is 0 Å². The number of hydrogen-bond donors (Lipinski definition) is 0. The fourth-order valence-electron chi connectivity index (χ4n) is 3.94. The monoisotopic (exact) mass is 339 g/mol. The Labute approximate surface area is 146 Å². The van der Waals surface area contributed by atoms with Gasteiger partial charge in [0.05, 0.1) is 6.61 Å². The first-order chi connectivity index (χ1) is 11.8. The lowest BCUT2D eigenvalue weighted by atomic mass is 9.84. The van der Waals surface area contributed by atoms with Crippen molar-refractivity contribution < 1.29 is 9.53 Å². The minimum atomic E-state index is 0.124. The van der Waals surface area contributed by atoms with Gasteiger partial charge in [0.1, 0.15) is 0 Å². The summed E-state index contributed by atoms with van der Waals surface area (Å²) in [6.45, 7) is 2.29. The molecule has 2 aliphatic rings. The molecule has 124 valence electrons. The molecule has 4 rings (SSSR count). The number of carbonyl (C=O) groups excluding carboxylic acids is 1. The number of hydrogen-bond acceptors (Lipinski definition) is 3. The molecule has 3 heterocycles. The topological polar surface area (TPSA) is 29.5 Å². The molecule has 2 fully saturated rings. The fraction of sp³-hybridized carbons (Fsp3) is 0.350. The van der Waals surface area contributed by atoms with Crippen LogP contribution < -0.4 is 0 Å². The summed E-state index contributed by atoms with van der Waals surface area (Å²) in [4.78, 5) is 16.0. The lowest BCUT2D eigenvalue weighted by Gasteiger charge is -2.32. The smallest absolute Gasteiger partial charge is 0.246 e. The number of amides is 1. The summed E-state index contributed by atoms with van der Waals surface area (Å²) < 4.78 is 5.73. The van der Waals surface area contributed by atoms with Gasteiger partial charge in [0, 0.05) is 42.0 Å². The van der Waals surface area contributed by atoms with Gasteiger partial charge in [-0.25, -0.2) is 0 Å². The molecule has 1 aromatic heterocycles. The zero-order chi connectivity index (χ0) is 16.4. The molecule has 3 atom stereocenters. The maximum absolute atomic E-state index is 12.8. The van der Waals surface area contributed by atoms with Gasteiger partial charge in [0.25, 0.3) is 0 Å². The maximum Gasteiger partial charge on any atom is 0.246 e. The van der Waals surface area contributed by atoms with Crippen molar-refractivity contribution in [3.63, 3.8) is 0 Å². The van der Waals surface area contributed by atoms with E-state index in [4.69, 9.17) is 4.74 Å². The van der Waals surface area contributed by atoms with Crippen LogP contribution in [0.2, 0.25) is 0 Å². The van der Waals surface area contributed by atoms with Crippen LogP contribution in [0.25, 0.3) is 6.08 Å². The first-order valence-electron chi connectivity index (χ1n) is 8.48. The van der Waals surface area contributed by atoms with Gasteiger partial charge in [-0.15, -0.1) is 11.3 Å². The number of nitrogens with zero attached hydrogens (tertiary/aromatic N) is 1. The van der Waals surface area contributed by atoms with Gasteiger partial charge in [-0.1, -0.05) is 36.4 Å². The van der Waals surface area contributed by atoms with Crippen LogP contribution in [-0.2, 0) is 9.53 Å². The van der Waals surface area contributed by atoms with E-state index in [2.05, 4.69) is 29.2 Å². The second-order valence-corrected chi connectivity index (χ2v) is 7.43. The molecule has 0 saturated carbocycles. The predicted octanol–water partition coefficient (Wildman–Crippen LogP) is 3.79. The molecule has 0 N–H and O–H groups in total. The Morgan fingerprint density at radius 3 is 2.88 bits per heavy atom. The van der Waals surface area contributed by atoms with E-state index in [0.29, 0.717) is 17.9 Å². The highest BCUT2D eigenvalue weighted by molar-refractivity contribution is 7.10. The summed E-state index contributed by atoms with van der Waals surface area (Å²) in [5.74, 6) is 0.898. The molecule has 4 heteroatoms. The van der Waals surface area contributed by atoms with E-state index in [-0.39, 0.29) is 5.91 Å². The van der Waals surface area contributed by atoms with Gasteiger partial charge in [0.2, 0.25) is 5.91 Å². The first-order valence-corrected chi connectivity index (χ1v) is 9.36. The van der Waals surface area contributed by atoms with Crippen molar-refractivity contribution in [2.24, 2.45) is 5.92 Å². The number of carbonyl (C=O) groups is 1. The second-order valence-electron chi connectivity index (χ2n) is 6.45. The molecule has 2 aliphatic heterocycles.